The first-order valence-corrected chi connectivity index (χ1v) is 12.6. The molecule has 2 aliphatic rings. The lowest BCUT2D eigenvalue weighted by molar-refractivity contribution is 0.0948. The molecule has 0 bridgehead atoms. The fourth-order valence-electron chi connectivity index (χ4n) is 4.56. The number of hydrogen-bond donors (Lipinski definition) is 4. The van der Waals surface area contributed by atoms with E-state index in [2.05, 4.69) is 35.8 Å². The molecule has 0 atom stereocenters. The molecule has 2 aromatic heterocycles. The van der Waals surface area contributed by atoms with Crippen LogP contribution in [-0.4, -0.2) is 53.1 Å². The molecule has 2 fully saturated rings. The second kappa shape index (κ2) is 9.90. The van der Waals surface area contributed by atoms with Crippen molar-refractivity contribution in [2.45, 2.75) is 25.8 Å². The Morgan fingerprint density at radius 1 is 1.11 bits per heavy atom. The van der Waals surface area contributed by atoms with E-state index in [-0.39, 0.29) is 40.0 Å². The van der Waals surface area contributed by atoms with Crippen molar-refractivity contribution in [2.75, 3.05) is 36.4 Å². The molecule has 1 saturated heterocycles. The second-order valence-corrected chi connectivity index (χ2v) is 9.57. The summed E-state index contributed by atoms with van der Waals surface area (Å²) in [7, 11) is 0. The molecule has 196 valence electrons. The van der Waals surface area contributed by atoms with E-state index in [9.17, 15) is 9.18 Å². The molecule has 11 heteroatoms. The smallest absolute Gasteiger partial charge is 0.260 e. The summed E-state index contributed by atoms with van der Waals surface area (Å²) < 4.78 is 35.7. The number of halogens is 2. The van der Waals surface area contributed by atoms with Crippen LogP contribution in [0.15, 0.2) is 42.7 Å². The number of anilines is 3. The van der Waals surface area contributed by atoms with E-state index in [0.29, 0.717) is 11.4 Å². The zero-order valence-corrected chi connectivity index (χ0v) is 20.8. The van der Waals surface area contributed by atoms with Gasteiger partial charge in [-0.3, -0.25) is 4.79 Å². The average Bonchev–Trinajstić information content (AvgIpc) is 3.65. The summed E-state index contributed by atoms with van der Waals surface area (Å²) in [6.07, 6.45) is 2.96. The minimum atomic E-state index is -0.754. The van der Waals surface area contributed by atoms with Crippen LogP contribution in [0.2, 0.25) is 0 Å². The van der Waals surface area contributed by atoms with Crippen molar-refractivity contribution < 1.29 is 18.3 Å². The number of nitrogens with zero attached hydrogens (tertiary/aromatic N) is 3. The van der Waals surface area contributed by atoms with Gasteiger partial charge >= 0.3 is 0 Å². The highest BCUT2D eigenvalue weighted by Gasteiger charge is 2.29. The monoisotopic (exact) mass is 519 g/mol. The van der Waals surface area contributed by atoms with Crippen LogP contribution in [0, 0.1) is 18.6 Å². The summed E-state index contributed by atoms with van der Waals surface area (Å²) >= 11 is 0. The first kappa shape index (κ1) is 24.1. The Morgan fingerprint density at radius 3 is 2.61 bits per heavy atom. The Bertz CT molecular complexity index is 1500. The number of H-pyrrole nitrogens is 1. The average molecular weight is 520 g/mol. The molecule has 6 rings (SSSR count). The highest BCUT2D eigenvalue weighted by Crippen LogP contribution is 2.35. The number of ether oxygens (including phenoxy) is 1. The second-order valence-electron chi connectivity index (χ2n) is 9.57. The number of benzene rings is 2. The Labute approximate surface area is 217 Å². The lowest BCUT2D eigenvalue weighted by Crippen LogP contribution is -2.43. The van der Waals surface area contributed by atoms with Gasteiger partial charge in [-0.2, -0.15) is 0 Å². The van der Waals surface area contributed by atoms with Crippen LogP contribution in [0.3, 0.4) is 0 Å². The van der Waals surface area contributed by atoms with Crippen LogP contribution in [0.25, 0.3) is 10.9 Å². The summed E-state index contributed by atoms with van der Waals surface area (Å²) in [5, 5.41) is 9.47. The van der Waals surface area contributed by atoms with Crippen molar-refractivity contribution >= 4 is 34.0 Å². The number of carbonyl (C=O) groups is 1. The molecular weight excluding hydrogens is 492 g/mol. The van der Waals surface area contributed by atoms with Gasteiger partial charge in [0.2, 0.25) is 5.88 Å². The number of aromatic amines is 1. The summed E-state index contributed by atoms with van der Waals surface area (Å²) in [5.74, 6) is -2.24. The zero-order valence-electron chi connectivity index (χ0n) is 20.8. The molecule has 2 aromatic carbocycles. The lowest BCUT2D eigenvalue weighted by Gasteiger charge is -2.29. The molecule has 0 unspecified atom stereocenters. The number of hydrogen-bond acceptors (Lipinski definition) is 7. The molecule has 1 aliphatic heterocycles. The minimum Gasteiger partial charge on any atom is -0.435 e. The Kier molecular flexibility index (Phi) is 6.28. The largest absolute Gasteiger partial charge is 0.435 e. The standard InChI is InChI=1S/C27H27F2N7O2/c1-15-12-19-23(29)21(13-20(28)24(19)33-15)38-27-22(26(37)35-17-2-3-17)25(31-14-32-27)34-16-4-6-18(7-5-16)36-10-8-30-9-11-36/h4-7,12-14,17,30,33H,2-3,8-11H2,1H3,(H,35,37)(H,31,32,34). The highest BCUT2D eigenvalue weighted by atomic mass is 19.1. The predicted octanol–water partition coefficient (Wildman–Crippen LogP) is 4.38. The van der Waals surface area contributed by atoms with Crippen LogP contribution in [0.4, 0.5) is 26.0 Å². The molecule has 0 radical (unpaired) electrons. The van der Waals surface area contributed by atoms with Crippen molar-refractivity contribution in [3.05, 3.63) is 65.6 Å². The van der Waals surface area contributed by atoms with Gasteiger partial charge < -0.3 is 30.6 Å². The number of fused-ring (bicyclic) bond motifs is 1. The number of carbonyl (C=O) groups excluding carboxylic acids is 1. The molecule has 0 spiro atoms. The lowest BCUT2D eigenvalue weighted by atomic mass is 10.2. The van der Waals surface area contributed by atoms with Gasteiger partial charge in [0.05, 0.1) is 5.52 Å². The Morgan fingerprint density at radius 2 is 1.87 bits per heavy atom. The van der Waals surface area contributed by atoms with E-state index in [1.807, 2.05) is 24.3 Å². The predicted molar refractivity (Wildman–Crippen MR) is 140 cm³/mol. The molecule has 38 heavy (non-hydrogen) atoms. The fourth-order valence-corrected chi connectivity index (χ4v) is 4.56. The maximum absolute atomic E-state index is 15.3. The van der Waals surface area contributed by atoms with Crippen LogP contribution in [0.1, 0.15) is 28.9 Å². The van der Waals surface area contributed by atoms with Crippen molar-refractivity contribution in [3.63, 3.8) is 0 Å². The zero-order chi connectivity index (χ0) is 26.2. The number of aromatic nitrogens is 3. The van der Waals surface area contributed by atoms with Crippen molar-refractivity contribution in [1.29, 1.82) is 0 Å². The summed E-state index contributed by atoms with van der Waals surface area (Å²) in [5.41, 5.74) is 2.47. The minimum absolute atomic E-state index is 0.00994. The topological polar surface area (TPSA) is 107 Å². The van der Waals surface area contributed by atoms with E-state index in [4.69, 9.17) is 4.74 Å². The molecule has 1 saturated carbocycles. The van der Waals surface area contributed by atoms with E-state index in [0.717, 1.165) is 50.8 Å². The molecule has 4 aromatic rings. The van der Waals surface area contributed by atoms with E-state index < -0.39 is 17.5 Å². The molecule has 4 N–H and O–H groups in total. The van der Waals surface area contributed by atoms with Gasteiger partial charge in [0.1, 0.15) is 11.9 Å². The summed E-state index contributed by atoms with van der Waals surface area (Å²) in [6, 6.07) is 10.3. The van der Waals surface area contributed by atoms with Crippen LogP contribution in [0.5, 0.6) is 11.6 Å². The SMILES string of the molecule is Cc1cc2c(F)c(Oc3ncnc(Nc4ccc(N5CCNCC5)cc4)c3C(=O)NC3CC3)cc(F)c2[nH]1. The normalized spacial score (nSPS) is 15.5. The molecular formula is C27H27F2N7O2. The fraction of sp³-hybridized carbons (Fsp3) is 0.296. The molecule has 3 heterocycles. The van der Waals surface area contributed by atoms with Crippen LogP contribution >= 0.6 is 0 Å². The van der Waals surface area contributed by atoms with Gasteiger partial charge in [-0.05, 0) is 50.1 Å². The van der Waals surface area contributed by atoms with E-state index in [1.54, 1.807) is 6.92 Å². The van der Waals surface area contributed by atoms with Crippen LogP contribution in [-0.2, 0) is 0 Å². The quantitative estimate of drug-likeness (QED) is 0.287. The number of amides is 1. The van der Waals surface area contributed by atoms with Gasteiger partial charge in [0.15, 0.2) is 23.2 Å². The number of piperazine rings is 1. The molecule has 9 nitrogen and oxygen atoms in total. The Balaban J connectivity index is 1.33. The maximum atomic E-state index is 15.3. The van der Waals surface area contributed by atoms with Crippen molar-refractivity contribution in [1.82, 2.24) is 25.6 Å². The number of aryl methyl sites for hydroxylation is 1. The van der Waals surface area contributed by atoms with E-state index in [1.165, 1.54) is 12.4 Å². The van der Waals surface area contributed by atoms with Gasteiger partial charge in [-0.15, -0.1) is 0 Å². The maximum Gasteiger partial charge on any atom is 0.260 e. The third kappa shape index (κ3) is 4.84. The first-order chi connectivity index (χ1) is 18.5. The van der Waals surface area contributed by atoms with Crippen LogP contribution < -0.4 is 25.6 Å². The van der Waals surface area contributed by atoms with Crippen molar-refractivity contribution in [3.8, 4) is 11.6 Å². The summed E-state index contributed by atoms with van der Waals surface area (Å²) in [6.45, 7) is 5.43. The van der Waals surface area contributed by atoms with Gasteiger partial charge in [-0.1, -0.05) is 0 Å². The van der Waals surface area contributed by atoms with Gasteiger partial charge in [0.25, 0.3) is 5.91 Å². The summed E-state index contributed by atoms with van der Waals surface area (Å²) in [4.78, 5) is 26.7. The van der Waals surface area contributed by atoms with Gasteiger partial charge in [0, 0.05) is 60.7 Å². The third-order valence-electron chi connectivity index (χ3n) is 6.67. The third-order valence-corrected chi connectivity index (χ3v) is 6.67. The molecule has 1 amide bonds. The van der Waals surface area contributed by atoms with Gasteiger partial charge in [-0.25, -0.2) is 18.7 Å². The first-order valence-electron chi connectivity index (χ1n) is 12.6. The molecule has 1 aliphatic carbocycles. The number of rotatable bonds is 7. The van der Waals surface area contributed by atoms with E-state index >= 15 is 4.39 Å². The highest BCUT2D eigenvalue weighted by molar-refractivity contribution is 6.02. The number of nitrogens with one attached hydrogen (secondary N) is 4. The Hall–Kier alpha value is -4.25. The van der Waals surface area contributed by atoms with Crippen molar-refractivity contribution in [2.24, 2.45) is 0 Å².